The lowest BCUT2D eigenvalue weighted by atomic mass is 10.4. The maximum absolute atomic E-state index is 10.4. The molecule has 3 nitrogen and oxygen atoms in total. The zero-order valence-corrected chi connectivity index (χ0v) is 9.78. The van der Waals surface area contributed by atoms with Crippen LogP contribution in [0.1, 0.15) is 0 Å². The van der Waals surface area contributed by atoms with Crippen molar-refractivity contribution < 1.29 is 13.0 Å². The smallest absolute Gasteiger partial charge is 0.265 e. The quantitative estimate of drug-likeness (QED) is 0.487. The highest BCUT2D eigenvalue weighted by atomic mass is 32.2. The third kappa shape index (κ3) is 4.36. The van der Waals surface area contributed by atoms with E-state index < -0.39 is 10.1 Å². The van der Waals surface area contributed by atoms with E-state index in [9.17, 15) is 8.42 Å². The van der Waals surface area contributed by atoms with Gasteiger partial charge < -0.3 is 0 Å². The molecule has 0 radical (unpaired) electrons. The van der Waals surface area contributed by atoms with E-state index in [0.717, 1.165) is 9.79 Å². The van der Waals surface area contributed by atoms with E-state index in [4.69, 9.17) is 4.55 Å². The molecule has 0 aliphatic rings. The van der Waals surface area contributed by atoms with Gasteiger partial charge in [-0.2, -0.15) is 8.42 Å². The monoisotopic (exact) mass is 250 g/mol. The standard InChI is InChI=1S/C8H10O3S3/c9-14(10,11)6-5-13-8-4-2-1-3-7(8)12/h1-4,12H,5-6H2,(H,9,10,11). The van der Waals surface area contributed by atoms with Crippen molar-refractivity contribution >= 4 is 34.5 Å². The second-order valence-electron chi connectivity index (χ2n) is 2.60. The molecular weight excluding hydrogens is 240 g/mol. The maximum atomic E-state index is 10.4. The molecule has 0 atom stereocenters. The number of rotatable bonds is 4. The van der Waals surface area contributed by atoms with Gasteiger partial charge in [0, 0.05) is 15.5 Å². The van der Waals surface area contributed by atoms with Crippen LogP contribution in [0.3, 0.4) is 0 Å². The molecule has 78 valence electrons. The van der Waals surface area contributed by atoms with Crippen LogP contribution in [0.5, 0.6) is 0 Å². The van der Waals surface area contributed by atoms with Gasteiger partial charge >= 0.3 is 0 Å². The summed E-state index contributed by atoms with van der Waals surface area (Å²) in [6.45, 7) is 0. The van der Waals surface area contributed by atoms with Crippen LogP contribution in [0.2, 0.25) is 0 Å². The molecule has 1 N–H and O–H groups in total. The summed E-state index contributed by atoms with van der Waals surface area (Å²) >= 11 is 5.57. The van der Waals surface area contributed by atoms with Crippen molar-refractivity contribution in [2.45, 2.75) is 9.79 Å². The molecule has 0 aliphatic carbocycles. The van der Waals surface area contributed by atoms with Crippen LogP contribution >= 0.6 is 24.4 Å². The minimum Gasteiger partial charge on any atom is -0.286 e. The van der Waals surface area contributed by atoms with E-state index in [2.05, 4.69) is 12.6 Å². The molecule has 0 fully saturated rings. The molecule has 14 heavy (non-hydrogen) atoms. The Morgan fingerprint density at radius 1 is 1.36 bits per heavy atom. The van der Waals surface area contributed by atoms with E-state index >= 15 is 0 Å². The van der Waals surface area contributed by atoms with Crippen molar-refractivity contribution in [1.29, 1.82) is 0 Å². The lowest BCUT2D eigenvalue weighted by molar-refractivity contribution is 0.485. The first-order valence-electron chi connectivity index (χ1n) is 3.85. The molecule has 1 aromatic rings. The van der Waals surface area contributed by atoms with Crippen molar-refractivity contribution in [2.75, 3.05) is 11.5 Å². The molecule has 0 saturated carbocycles. The predicted octanol–water partition coefficient (Wildman–Crippen LogP) is 1.96. The fourth-order valence-corrected chi connectivity index (χ4v) is 2.98. The third-order valence-electron chi connectivity index (χ3n) is 1.46. The molecule has 0 amide bonds. The Hall–Kier alpha value is -0.170. The van der Waals surface area contributed by atoms with Gasteiger partial charge in [0.25, 0.3) is 10.1 Å². The molecule has 0 unspecified atom stereocenters. The number of thiol groups is 1. The van der Waals surface area contributed by atoms with Crippen LogP contribution in [0.4, 0.5) is 0 Å². The van der Waals surface area contributed by atoms with Gasteiger partial charge in [-0.3, -0.25) is 4.55 Å². The van der Waals surface area contributed by atoms with E-state index in [0.29, 0.717) is 5.75 Å². The number of benzene rings is 1. The normalized spacial score (nSPS) is 11.6. The van der Waals surface area contributed by atoms with Gasteiger partial charge in [0.1, 0.15) is 0 Å². The average Bonchev–Trinajstić information content (AvgIpc) is 2.06. The van der Waals surface area contributed by atoms with Crippen LogP contribution in [0.25, 0.3) is 0 Å². The van der Waals surface area contributed by atoms with Gasteiger partial charge in [0.05, 0.1) is 5.75 Å². The highest BCUT2D eigenvalue weighted by molar-refractivity contribution is 8.00. The lowest BCUT2D eigenvalue weighted by Gasteiger charge is -2.02. The van der Waals surface area contributed by atoms with Crippen molar-refractivity contribution in [2.24, 2.45) is 0 Å². The van der Waals surface area contributed by atoms with Crippen LogP contribution in [0.15, 0.2) is 34.1 Å². The van der Waals surface area contributed by atoms with Gasteiger partial charge in [0.2, 0.25) is 0 Å². The SMILES string of the molecule is O=S(=O)(O)CCSc1ccccc1S. The zero-order chi connectivity index (χ0) is 10.6. The molecule has 0 bridgehead atoms. The van der Waals surface area contributed by atoms with Crippen LogP contribution in [0, 0.1) is 0 Å². The van der Waals surface area contributed by atoms with E-state index in [1.165, 1.54) is 11.8 Å². The topological polar surface area (TPSA) is 54.4 Å². The molecule has 1 aromatic carbocycles. The van der Waals surface area contributed by atoms with Gasteiger partial charge in [-0.15, -0.1) is 24.4 Å². The summed E-state index contributed by atoms with van der Waals surface area (Å²) in [5.41, 5.74) is 0. The second-order valence-corrected chi connectivity index (χ2v) is 5.79. The molecule has 6 heteroatoms. The summed E-state index contributed by atoms with van der Waals surface area (Å²) in [4.78, 5) is 1.73. The first-order chi connectivity index (χ1) is 6.49. The molecule has 0 spiro atoms. The summed E-state index contributed by atoms with van der Waals surface area (Å²) in [5.74, 6) is 0.0934. The summed E-state index contributed by atoms with van der Waals surface area (Å²) < 4.78 is 29.4. The highest BCUT2D eigenvalue weighted by Crippen LogP contribution is 2.24. The van der Waals surface area contributed by atoms with Gasteiger partial charge in [0.15, 0.2) is 0 Å². The summed E-state index contributed by atoms with van der Waals surface area (Å²) in [6, 6.07) is 7.40. The molecule has 0 aromatic heterocycles. The Morgan fingerprint density at radius 3 is 2.57 bits per heavy atom. The van der Waals surface area contributed by atoms with Crippen molar-refractivity contribution in [3.63, 3.8) is 0 Å². The zero-order valence-electron chi connectivity index (χ0n) is 7.25. The number of hydrogen-bond acceptors (Lipinski definition) is 4. The minimum absolute atomic E-state index is 0.236. The highest BCUT2D eigenvalue weighted by Gasteiger charge is 2.05. The molecule has 0 heterocycles. The van der Waals surface area contributed by atoms with Crippen molar-refractivity contribution in [1.82, 2.24) is 0 Å². The van der Waals surface area contributed by atoms with Crippen LogP contribution < -0.4 is 0 Å². The second kappa shape index (κ2) is 5.06. The third-order valence-corrected chi connectivity index (χ3v) is 4.06. The maximum Gasteiger partial charge on any atom is 0.265 e. The van der Waals surface area contributed by atoms with Gasteiger partial charge in [-0.1, -0.05) is 12.1 Å². The van der Waals surface area contributed by atoms with Crippen molar-refractivity contribution in [3.05, 3.63) is 24.3 Å². The molecule has 0 aliphatic heterocycles. The Bertz CT molecular complexity index is 400. The fourth-order valence-electron chi connectivity index (χ4n) is 0.836. The molecule has 1 rings (SSSR count). The van der Waals surface area contributed by atoms with Gasteiger partial charge in [-0.05, 0) is 12.1 Å². The van der Waals surface area contributed by atoms with Crippen LogP contribution in [-0.2, 0) is 10.1 Å². The summed E-state index contributed by atoms with van der Waals surface area (Å²) in [6.07, 6.45) is 0. The lowest BCUT2D eigenvalue weighted by Crippen LogP contribution is -2.05. The van der Waals surface area contributed by atoms with E-state index in [-0.39, 0.29) is 5.75 Å². The van der Waals surface area contributed by atoms with Crippen molar-refractivity contribution in [3.8, 4) is 0 Å². The Labute approximate surface area is 93.1 Å². The average molecular weight is 250 g/mol. The Balaban J connectivity index is 2.51. The van der Waals surface area contributed by atoms with Crippen LogP contribution in [-0.4, -0.2) is 24.5 Å². The molecular formula is C8H10O3S3. The van der Waals surface area contributed by atoms with E-state index in [1.54, 1.807) is 0 Å². The van der Waals surface area contributed by atoms with Gasteiger partial charge in [-0.25, -0.2) is 0 Å². The Morgan fingerprint density at radius 2 is 2.00 bits per heavy atom. The summed E-state index contributed by atoms with van der Waals surface area (Å²) in [7, 11) is -3.85. The van der Waals surface area contributed by atoms with E-state index in [1.807, 2.05) is 24.3 Å². The Kier molecular flexibility index (Phi) is 4.31. The number of hydrogen-bond donors (Lipinski definition) is 2. The first kappa shape index (κ1) is 11.9. The fraction of sp³-hybridized carbons (Fsp3) is 0.250. The largest absolute Gasteiger partial charge is 0.286 e. The minimum atomic E-state index is -3.85. The predicted molar refractivity (Wildman–Crippen MR) is 60.8 cm³/mol. The molecule has 0 saturated heterocycles. The summed E-state index contributed by atoms with van der Waals surface area (Å²) in [5, 5.41) is 0. The number of thioether (sulfide) groups is 1. The first-order valence-corrected chi connectivity index (χ1v) is 6.89.